The van der Waals surface area contributed by atoms with E-state index >= 15 is 0 Å². The number of rotatable bonds is 6. The second kappa shape index (κ2) is 7.85. The minimum Gasteiger partial charge on any atom is -0.462 e. The van der Waals surface area contributed by atoms with Gasteiger partial charge in [-0.15, -0.1) is 11.3 Å². The summed E-state index contributed by atoms with van der Waals surface area (Å²) >= 11 is 1.24. The van der Waals surface area contributed by atoms with E-state index in [2.05, 4.69) is 10.3 Å². The predicted molar refractivity (Wildman–Crippen MR) is 86.3 cm³/mol. The van der Waals surface area contributed by atoms with Crippen molar-refractivity contribution in [2.75, 3.05) is 13.2 Å². The third-order valence-electron chi connectivity index (χ3n) is 3.67. The highest BCUT2D eigenvalue weighted by atomic mass is 32.1. The zero-order valence-electron chi connectivity index (χ0n) is 13.6. The van der Waals surface area contributed by atoms with Gasteiger partial charge in [-0.25, -0.2) is 9.78 Å². The van der Waals surface area contributed by atoms with E-state index in [4.69, 9.17) is 15.2 Å². The number of carbonyl (C=O) groups is 2. The Morgan fingerprint density at radius 2 is 2.26 bits per heavy atom. The van der Waals surface area contributed by atoms with Crippen molar-refractivity contribution in [3.8, 4) is 0 Å². The first-order valence-electron chi connectivity index (χ1n) is 7.76. The molecule has 23 heavy (non-hydrogen) atoms. The molecule has 1 saturated heterocycles. The van der Waals surface area contributed by atoms with Crippen molar-refractivity contribution in [1.82, 2.24) is 10.3 Å². The number of hydrogen-bond acceptors (Lipinski definition) is 7. The molecular formula is C15H23N3O4S. The Balaban J connectivity index is 1.98. The molecule has 128 valence electrons. The van der Waals surface area contributed by atoms with Gasteiger partial charge in [0, 0.05) is 6.54 Å². The topological polar surface area (TPSA) is 104 Å². The summed E-state index contributed by atoms with van der Waals surface area (Å²) in [6.07, 6.45) is 0.965. The summed E-state index contributed by atoms with van der Waals surface area (Å²) in [5.41, 5.74) is 6.17. The first-order chi connectivity index (χ1) is 11.0. The van der Waals surface area contributed by atoms with Crippen LogP contribution in [-0.4, -0.2) is 42.2 Å². The van der Waals surface area contributed by atoms with Crippen LogP contribution in [0, 0.1) is 6.92 Å². The monoisotopic (exact) mass is 341 g/mol. The lowest BCUT2D eigenvalue weighted by molar-refractivity contribution is -0.132. The van der Waals surface area contributed by atoms with E-state index in [1.807, 2.05) is 6.92 Å². The summed E-state index contributed by atoms with van der Waals surface area (Å²) in [6, 6.07) is -0.296. The number of carbonyl (C=O) groups excluding carboxylic acids is 2. The molecule has 3 N–H and O–H groups in total. The van der Waals surface area contributed by atoms with Gasteiger partial charge >= 0.3 is 5.97 Å². The normalized spacial score (nSPS) is 21.9. The zero-order valence-corrected chi connectivity index (χ0v) is 14.4. The van der Waals surface area contributed by atoms with E-state index in [1.54, 1.807) is 13.8 Å². The largest absolute Gasteiger partial charge is 0.462 e. The molecule has 0 spiro atoms. The Hall–Kier alpha value is -1.51. The Kier molecular flexibility index (Phi) is 6.09. The number of ether oxygens (including phenoxy) is 2. The Labute approximate surface area is 139 Å². The fourth-order valence-electron chi connectivity index (χ4n) is 2.43. The lowest BCUT2D eigenvalue weighted by Gasteiger charge is -2.16. The molecule has 7 nitrogen and oxygen atoms in total. The van der Waals surface area contributed by atoms with E-state index in [9.17, 15) is 9.59 Å². The number of hydrogen-bond donors (Lipinski definition) is 2. The van der Waals surface area contributed by atoms with Gasteiger partial charge in [-0.1, -0.05) is 0 Å². The number of esters is 1. The fourth-order valence-corrected chi connectivity index (χ4v) is 3.39. The van der Waals surface area contributed by atoms with Crippen LogP contribution < -0.4 is 11.1 Å². The second-order valence-electron chi connectivity index (χ2n) is 5.48. The van der Waals surface area contributed by atoms with Crippen LogP contribution >= 0.6 is 11.3 Å². The van der Waals surface area contributed by atoms with Crippen LogP contribution in [0.4, 0.5) is 0 Å². The molecule has 1 aliphatic heterocycles. The highest BCUT2D eigenvalue weighted by Crippen LogP contribution is 2.25. The fraction of sp³-hybridized carbons (Fsp3) is 0.667. The highest BCUT2D eigenvalue weighted by Gasteiger charge is 2.31. The predicted octanol–water partition coefficient (Wildman–Crippen LogP) is 1.31. The lowest BCUT2D eigenvalue weighted by Crippen LogP contribution is -2.36. The van der Waals surface area contributed by atoms with Crippen LogP contribution in [0.25, 0.3) is 0 Å². The first-order valence-corrected chi connectivity index (χ1v) is 8.58. The quantitative estimate of drug-likeness (QED) is 0.756. The van der Waals surface area contributed by atoms with Crippen molar-refractivity contribution in [3.05, 3.63) is 15.6 Å². The van der Waals surface area contributed by atoms with Gasteiger partial charge in [0.1, 0.15) is 16.0 Å². The third kappa shape index (κ3) is 4.27. The van der Waals surface area contributed by atoms with Gasteiger partial charge in [0.05, 0.1) is 24.4 Å². The molecule has 8 heteroatoms. The smallest absolute Gasteiger partial charge is 0.350 e. The van der Waals surface area contributed by atoms with Crippen molar-refractivity contribution >= 4 is 23.2 Å². The van der Waals surface area contributed by atoms with Gasteiger partial charge in [0.15, 0.2) is 0 Å². The van der Waals surface area contributed by atoms with Gasteiger partial charge in [-0.2, -0.15) is 0 Å². The SMILES string of the molecule is CCOC(=O)c1sc(C(C)NC(=O)[C@@H]2CC[C@H](CN)O2)nc1C. The maximum atomic E-state index is 12.2. The van der Waals surface area contributed by atoms with Crippen molar-refractivity contribution in [2.24, 2.45) is 5.73 Å². The molecule has 0 radical (unpaired) electrons. The first kappa shape index (κ1) is 17.8. The molecule has 1 aromatic rings. The average Bonchev–Trinajstić information content (AvgIpc) is 3.13. The molecule has 1 unspecified atom stereocenters. The summed E-state index contributed by atoms with van der Waals surface area (Å²) < 4.78 is 10.6. The van der Waals surface area contributed by atoms with Crippen molar-refractivity contribution < 1.29 is 19.1 Å². The standard InChI is InChI=1S/C15H23N3O4S/c1-4-21-15(20)12-8(2)18-14(23-12)9(3)17-13(19)11-6-5-10(7-16)22-11/h9-11H,4-7,16H2,1-3H3,(H,17,19)/t9?,10-,11+/m1/s1. The van der Waals surface area contributed by atoms with Crippen LogP contribution in [0.3, 0.4) is 0 Å². The maximum Gasteiger partial charge on any atom is 0.350 e. The van der Waals surface area contributed by atoms with Crippen molar-refractivity contribution in [1.29, 1.82) is 0 Å². The Morgan fingerprint density at radius 1 is 1.52 bits per heavy atom. The molecule has 1 aromatic heterocycles. The van der Waals surface area contributed by atoms with Gasteiger partial charge in [-0.3, -0.25) is 4.79 Å². The Morgan fingerprint density at radius 3 is 2.87 bits per heavy atom. The summed E-state index contributed by atoms with van der Waals surface area (Å²) in [4.78, 5) is 28.9. The molecule has 3 atom stereocenters. The number of nitrogens with one attached hydrogen (secondary N) is 1. The van der Waals surface area contributed by atoms with E-state index in [-0.39, 0.29) is 24.0 Å². The second-order valence-corrected chi connectivity index (χ2v) is 6.51. The van der Waals surface area contributed by atoms with Crippen LogP contribution in [0.1, 0.15) is 53.1 Å². The molecule has 1 fully saturated rings. The molecule has 1 amide bonds. The summed E-state index contributed by atoms with van der Waals surface area (Å²) in [6.45, 7) is 6.09. The number of thiazole rings is 1. The molecule has 0 aromatic carbocycles. The number of aryl methyl sites for hydroxylation is 1. The maximum absolute atomic E-state index is 12.2. The number of aromatic nitrogens is 1. The summed E-state index contributed by atoms with van der Waals surface area (Å²) in [5, 5.41) is 3.56. The van der Waals surface area contributed by atoms with E-state index in [0.29, 0.717) is 35.2 Å². The van der Waals surface area contributed by atoms with E-state index in [0.717, 1.165) is 6.42 Å². The molecule has 0 bridgehead atoms. The molecule has 2 heterocycles. The van der Waals surface area contributed by atoms with E-state index in [1.165, 1.54) is 11.3 Å². The number of amides is 1. The third-order valence-corrected chi connectivity index (χ3v) is 4.99. The minimum absolute atomic E-state index is 0.0430. The van der Waals surface area contributed by atoms with E-state index < -0.39 is 6.10 Å². The van der Waals surface area contributed by atoms with Gasteiger partial charge < -0.3 is 20.5 Å². The average molecular weight is 341 g/mol. The molecule has 2 rings (SSSR count). The zero-order chi connectivity index (χ0) is 17.0. The molecular weight excluding hydrogens is 318 g/mol. The highest BCUT2D eigenvalue weighted by molar-refractivity contribution is 7.13. The minimum atomic E-state index is -0.461. The van der Waals surface area contributed by atoms with Crippen LogP contribution in [0.15, 0.2) is 0 Å². The summed E-state index contributed by atoms with van der Waals surface area (Å²) in [7, 11) is 0. The summed E-state index contributed by atoms with van der Waals surface area (Å²) in [5.74, 6) is -0.545. The lowest BCUT2D eigenvalue weighted by atomic mass is 10.2. The number of nitrogens with two attached hydrogens (primary N) is 1. The molecule has 0 aliphatic carbocycles. The van der Waals surface area contributed by atoms with Crippen LogP contribution in [0.5, 0.6) is 0 Å². The van der Waals surface area contributed by atoms with Gasteiger partial charge in [0.25, 0.3) is 0 Å². The Bertz CT molecular complexity index is 575. The van der Waals surface area contributed by atoms with Crippen LogP contribution in [-0.2, 0) is 14.3 Å². The molecule has 1 aliphatic rings. The molecule has 0 saturated carbocycles. The van der Waals surface area contributed by atoms with Gasteiger partial charge in [0.2, 0.25) is 5.91 Å². The van der Waals surface area contributed by atoms with Gasteiger partial charge in [-0.05, 0) is 33.6 Å². The van der Waals surface area contributed by atoms with Crippen LogP contribution in [0.2, 0.25) is 0 Å². The van der Waals surface area contributed by atoms with Crippen molar-refractivity contribution in [3.63, 3.8) is 0 Å². The number of nitrogens with zero attached hydrogens (tertiary/aromatic N) is 1. The van der Waals surface area contributed by atoms with Crippen molar-refractivity contribution in [2.45, 2.75) is 51.9 Å².